The van der Waals surface area contributed by atoms with Crippen molar-refractivity contribution in [2.45, 2.75) is 12.3 Å². The molecular formula is C3H7ClK. The van der Waals surface area contributed by atoms with Crippen LogP contribution in [0.4, 0.5) is 0 Å². The second-order valence-corrected chi connectivity index (χ2v) is 1.53. The molecule has 0 N–H and O–H groups in total. The number of halogens is 1. The second-order valence-electron chi connectivity index (χ2n) is 0.781. The summed E-state index contributed by atoms with van der Waals surface area (Å²) in [6.45, 7) is 5.23. The molecule has 0 saturated heterocycles. The van der Waals surface area contributed by atoms with E-state index in [1.54, 1.807) is 0 Å². The summed E-state index contributed by atoms with van der Waals surface area (Å²) < 4.78 is 0. The zero-order valence-corrected chi connectivity index (χ0v) is 3.42. The van der Waals surface area contributed by atoms with Crippen LogP contribution in [0.15, 0.2) is 0 Å². The third-order valence-electron chi connectivity index (χ3n) is 0. The quantitative estimate of drug-likeness (QED) is 0.325. The Hall–Kier alpha value is 1.93. The molecule has 27 valence electrons. The van der Waals surface area contributed by atoms with Gasteiger partial charge < -0.3 is 0 Å². The summed E-state index contributed by atoms with van der Waals surface area (Å²) in [7, 11) is 0. The predicted molar refractivity (Wildman–Crippen MR) is 27.8 cm³/mol. The topological polar surface area (TPSA) is 0 Å². The van der Waals surface area contributed by atoms with Crippen molar-refractivity contribution in [2.75, 3.05) is 0 Å². The van der Waals surface area contributed by atoms with Gasteiger partial charge in [0.1, 0.15) is 0 Å². The molecule has 0 spiro atoms. The van der Waals surface area contributed by atoms with Crippen molar-refractivity contribution in [1.29, 1.82) is 0 Å². The first-order chi connectivity index (χ1) is 1.73. The van der Waals surface area contributed by atoms with Crippen LogP contribution in [0.1, 0.15) is 6.92 Å². The number of rotatable bonds is 0. The maximum atomic E-state index is 5.16. The van der Waals surface area contributed by atoms with E-state index in [2.05, 4.69) is 6.92 Å². The third kappa shape index (κ3) is 24.6. The van der Waals surface area contributed by atoms with Crippen LogP contribution in [-0.2, 0) is 0 Å². The summed E-state index contributed by atoms with van der Waals surface area (Å²) in [5.74, 6) is 0. The Morgan fingerprint density at radius 2 is 1.80 bits per heavy atom. The first-order valence-electron chi connectivity index (χ1n) is 1.20. The van der Waals surface area contributed by atoms with Crippen molar-refractivity contribution in [3.05, 3.63) is 6.92 Å². The molecule has 1 radical (unpaired) electrons. The third-order valence-corrected chi connectivity index (χ3v) is 0. The summed E-state index contributed by atoms with van der Waals surface area (Å²) in [5, 5.41) is 0.0556. The van der Waals surface area contributed by atoms with Gasteiger partial charge >= 0.3 is 51.4 Å². The molecule has 2 heteroatoms. The molecule has 0 aliphatic heterocycles. The molecule has 0 aromatic carbocycles. The van der Waals surface area contributed by atoms with Gasteiger partial charge in [0.25, 0.3) is 0 Å². The molecule has 0 rings (SSSR count). The van der Waals surface area contributed by atoms with Gasteiger partial charge in [0.15, 0.2) is 0 Å². The van der Waals surface area contributed by atoms with Crippen LogP contribution in [0, 0.1) is 6.92 Å². The molecule has 0 bridgehead atoms. The van der Waals surface area contributed by atoms with E-state index in [0.717, 1.165) is 0 Å². The molecule has 5 heavy (non-hydrogen) atoms. The minimum atomic E-state index is 0. The Labute approximate surface area is 80.7 Å². The summed E-state index contributed by atoms with van der Waals surface area (Å²) >= 11 is 5.16. The standard InChI is InChI=1S/C3H6Cl.K.H/c1-3(2)4;;/h3H,1H2,2H3;;. The van der Waals surface area contributed by atoms with E-state index in [1.165, 1.54) is 0 Å². The summed E-state index contributed by atoms with van der Waals surface area (Å²) in [6.07, 6.45) is 0. The summed E-state index contributed by atoms with van der Waals surface area (Å²) in [6, 6.07) is 0. The van der Waals surface area contributed by atoms with Gasteiger partial charge in [-0.3, -0.25) is 0 Å². The molecule has 0 fully saturated rings. The molecule has 0 aromatic heterocycles. The van der Waals surface area contributed by atoms with Crippen molar-refractivity contribution >= 4 is 63.0 Å². The average molecular weight is 118 g/mol. The van der Waals surface area contributed by atoms with Crippen molar-refractivity contribution in [3.63, 3.8) is 0 Å². The van der Waals surface area contributed by atoms with Gasteiger partial charge in [-0.1, -0.05) is 0 Å². The molecule has 0 nitrogen and oxygen atoms in total. The Kier molecular flexibility index (Phi) is 11.9. The first kappa shape index (κ1) is 10.0. The Morgan fingerprint density at radius 3 is 1.80 bits per heavy atom. The molecule has 1 atom stereocenters. The van der Waals surface area contributed by atoms with Gasteiger partial charge in [-0.15, -0.1) is 11.6 Å². The fourth-order valence-electron chi connectivity index (χ4n) is 0. The van der Waals surface area contributed by atoms with E-state index in [-0.39, 0.29) is 56.8 Å². The number of hydrogen-bond donors (Lipinski definition) is 0. The zero-order chi connectivity index (χ0) is 3.58. The second kappa shape index (κ2) is 5.93. The van der Waals surface area contributed by atoms with Gasteiger partial charge in [-0.05, 0) is 13.8 Å². The number of alkyl halides is 1. The Balaban J connectivity index is 0. The van der Waals surface area contributed by atoms with E-state index in [0.29, 0.717) is 0 Å². The fourth-order valence-corrected chi connectivity index (χ4v) is 0. The molecule has 0 aromatic rings. The van der Waals surface area contributed by atoms with E-state index in [9.17, 15) is 0 Å². The van der Waals surface area contributed by atoms with Crippen LogP contribution in [0.3, 0.4) is 0 Å². The Bertz CT molecular complexity index is 11.6. The molecule has 1 unspecified atom stereocenters. The monoisotopic (exact) mass is 117 g/mol. The molecule has 0 aliphatic carbocycles. The molecule has 0 aliphatic rings. The van der Waals surface area contributed by atoms with Gasteiger partial charge in [0.05, 0.1) is 0 Å². The predicted octanol–water partition coefficient (Wildman–Crippen LogP) is 0.799. The van der Waals surface area contributed by atoms with E-state index in [1.807, 2.05) is 6.92 Å². The Morgan fingerprint density at radius 1 is 1.80 bits per heavy atom. The van der Waals surface area contributed by atoms with E-state index in [4.69, 9.17) is 11.6 Å². The van der Waals surface area contributed by atoms with Crippen LogP contribution in [-0.4, -0.2) is 56.8 Å². The SMILES string of the molecule is [CH2]C(C)Cl.[KH]. The van der Waals surface area contributed by atoms with Crippen molar-refractivity contribution in [3.8, 4) is 0 Å². The van der Waals surface area contributed by atoms with Crippen LogP contribution < -0.4 is 0 Å². The van der Waals surface area contributed by atoms with E-state index < -0.39 is 0 Å². The summed E-state index contributed by atoms with van der Waals surface area (Å²) in [4.78, 5) is 0. The van der Waals surface area contributed by atoms with Crippen molar-refractivity contribution in [2.24, 2.45) is 0 Å². The molecular weight excluding hydrogens is 111 g/mol. The maximum absolute atomic E-state index is 5.16. The van der Waals surface area contributed by atoms with Crippen LogP contribution in [0.2, 0.25) is 0 Å². The summed E-state index contributed by atoms with van der Waals surface area (Å²) in [5.41, 5.74) is 0. The van der Waals surface area contributed by atoms with Crippen LogP contribution >= 0.6 is 11.6 Å². The van der Waals surface area contributed by atoms with Crippen LogP contribution in [0.5, 0.6) is 0 Å². The molecule has 0 amide bonds. The average Bonchev–Trinajstić information content (AvgIpc) is 0.811. The van der Waals surface area contributed by atoms with Crippen LogP contribution in [0.25, 0.3) is 0 Å². The first-order valence-corrected chi connectivity index (χ1v) is 1.64. The zero-order valence-electron chi connectivity index (χ0n) is 2.66. The van der Waals surface area contributed by atoms with E-state index >= 15 is 0 Å². The normalized spacial score (nSPS) is 7.20. The number of hydrogen-bond acceptors (Lipinski definition) is 0. The van der Waals surface area contributed by atoms with Crippen molar-refractivity contribution < 1.29 is 0 Å². The molecule has 0 heterocycles. The van der Waals surface area contributed by atoms with Gasteiger partial charge in [-0.25, -0.2) is 0 Å². The molecule has 0 saturated carbocycles. The minimum absolute atomic E-state index is 0. The fraction of sp³-hybridized carbons (Fsp3) is 0.667. The van der Waals surface area contributed by atoms with Gasteiger partial charge in [-0.2, -0.15) is 0 Å². The van der Waals surface area contributed by atoms with Gasteiger partial charge in [0, 0.05) is 5.38 Å². The van der Waals surface area contributed by atoms with Crippen molar-refractivity contribution in [1.82, 2.24) is 0 Å². The van der Waals surface area contributed by atoms with Gasteiger partial charge in [0.2, 0.25) is 0 Å².